The minimum absolute atomic E-state index is 0.0798. The van der Waals surface area contributed by atoms with Crippen LogP contribution >= 0.6 is 11.6 Å². The Hall–Kier alpha value is -3.51. The molecule has 1 atom stereocenters. The van der Waals surface area contributed by atoms with Gasteiger partial charge in [-0.15, -0.1) is 0 Å². The topological polar surface area (TPSA) is 76.2 Å². The first-order chi connectivity index (χ1) is 18.1. The lowest BCUT2D eigenvalue weighted by Crippen LogP contribution is -2.34. The minimum atomic E-state index is -0.395. The van der Waals surface area contributed by atoms with Crippen LogP contribution in [0, 0.1) is 17.1 Å². The predicted molar refractivity (Wildman–Crippen MR) is 137 cm³/mol. The van der Waals surface area contributed by atoms with Crippen LogP contribution < -0.4 is 4.74 Å². The van der Waals surface area contributed by atoms with Gasteiger partial charge in [0.15, 0.2) is 0 Å². The van der Waals surface area contributed by atoms with E-state index in [0.29, 0.717) is 35.1 Å². The molecule has 1 fully saturated rings. The van der Waals surface area contributed by atoms with E-state index in [2.05, 4.69) is 15.5 Å². The van der Waals surface area contributed by atoms with Crippen LogP contribution in [0.1, 0.15) is 34.6 Å². The molecule has 2 aliphatic rings. The van der Waals surface area contributed by atoms with Gasteiger partial charge in [0.05, 0.1) is 47.6 Å². The molecule has 37 heavy (non-hydrogen) atoms. The van der Waals surface area contributed by atoms with Crippen LogP contribution in [0.15, 0.2) is 48.5 Å². The Kier molecular flexibility index (Phi) is 6.51. The molecule has 0 unspecified atom stereocenters. The molecule has 9 heteroatoms. The van der Waals surface area contributed by atoms with Crippen molar-refractivity contribution in [3.63, 3.8) is 0 Å². The highest BCUT2D eigenvalue weighted by molar-refractivity contribution is 6.30. The summed E-state index contributed by atoms with van der Waals surface area (Å²) < 4.78 is 27.8. The molecule has 7 nitrogen and oxygen atoms in total. The monoisotopic (exact) mass is 517 g/mol. The normalized spacial score (nSPS) is 17.3. The second-order valence-electron chi connectivity index (χ2n) is 9.48. The smallest absolute Gasteiger partial charge is 0.213 e. The van der Waals surface area contributed by atoms with E-state index in [1.54, 1.807) is 12.1 Å². The van der Waals surface area contributed by atoms with Gasteiger partial charge in [-0.3, -0.25) is 4.90 Å². The number of imidazole rings is 1. The van der Waals surface area contributed by atoms with E-state index in [1.807, 2.05) is 30.3 Å². The first-order valence-corrected chi connectivity index (χ1v) is 12.7. The summed E-state index contributed by atoms with van der Waals surface area (Å²) in [7, 11) is 0. The van der Waals surface area contributed by atoms with Gasteiger partial charge in [0.25, 0.3) is 0 Å². The average molecular weight is 518 g/mol. The van der Waals surface area contributed by atoms with Gasteiger partial charge in [-0.2, -0.15) is 5.26 Å². The molecule has 6 rings (SSSR count). The van der Waals surface area contributed by atoms with Crippen molar-refractivity contribution in [1.29, 1.82) is 5.26 Å². The number of rotatable bonds is 7. The van der Waals surface area contributed by atoms with E-state index in [4.69, 9.17) is 31.0 Å². The molecule has 2 aromatic carbocycles. The Morgan fingerprint density at radius 2 is 2.05 bits per heavy atom. The van der Waals surface area contributed by atoms with Gasteiger partial charge in [0, 0.05) is 36.3 Å². The summed E-state index contributed by atoms with van der Waals surface area (Å²) >= 11 is 5.84. The van der Waals surface area contributed by atoms with Crippen molar-refractivity contribution >= 4 is 22.6 Å². The number of nitriles is 1. The van der Waals surface area contributed by atoms with Crippen LogP contribution in [-0.4, -0.2) is 38.7 Å². The Morgan fingerprint density at radius 3 is 2.84 bits per heavy atom. The van der Waals surface area contributed by atoms with Crippen molar-refractivity contribution in [2.24, 2.45) is 0 Å². The number of hydrogen-bond acceptors (Lipinski definition) is 6. The van der Waals surface area contributed by atoms with Gasteiger partial charge in [-0.1, -0.05) is 23.7 Å². The average Bonchev–Trinajstić information content (AvgIpc) is 3.21. The standard InChI is InChI=1S/C28H25ClFN5O2/c29-21-4-2-20(23(30)12-21)17-37-28-6-3-19-7-9-34(15-25(19)33-28)16-27-32-24-5-1-18(13-31)11-26(24)35(27)14-22-8-10-36-22/h1-6,11-12,22H,7-10,14-17H2/t22-/m0/s1. The zero-order chi connectivity index (χ0) is 25.4. The third-order valence-corrected chi connectivity index (χ3v) is 7.24. The van der Waals surface area contributed by atoms with Crippen molar-refractivity contribution in [3.05, 3.63) is 87.6 Å². The first kappa shape index (κ1) is 23.9. The third-order valence-electron chi connectivity index (χ3n) is 7.01. The van der Waals surface area contributed by atoms with E-state index in [9.17, 15) is 9.65 Å². The Bertz CT molecular complexity index is 1510. The largest absolute Gasteiger partial charge is 0.473 e. The number of fused-ring (bicyclic) bond motifs is 2. The highest BCUT2D eigenvalue weighted by atomic mass is 35.5. The molecule has 0 spiro atoms. The predicted octanol–water partition coefficient (Wildman–Crippen LogP) is 5.02. The van der Waals surface area contributed by atoms with Gasteiger partial charge in [0.1, 0.15) is 18.2 Å². The van der Waals surface area contributed by atoms with Crippen LogP contribution in [0.2, 0.25) is 5.02 Å². The second kappa shape index (κ2) is 10.1. The molecule has 2 aromatic heterocycles. The lowest BCUT2D eigenvalue weighted by Gasteiger charge is -2.30. The van der Waals surface area contributed by atoms with Crippen LogP contribution in [0.3, 0.4) is 0 Å². The van der Waals surface area contributed by atoms with Crippen LogP contribution in [0.25, 0.3) is 11.0 Å². The highest BCUT2D eigenvalue weighted by Crippen LogP contribution is 2.26. The molecular formula is C28H25ClFN5O2. The highest BCUT2D eigenvalue weighted by Gasteiger charge is 2.25. The summed E-state index contributed by atoms with van der Waals surface area (Å²) in [6.07, 6.45) is 2.08. The van der Waals surface area contributed by atoms with E-state index < -0.39 is 5.82 Å². The number of benzene rings is 2. The molecule has 0 aliphatic carbocycles. The number of nitrogens with zero attached hydrogens (tertiary/aromatic N) is 5. The summed E-state index contributed by atoms with van der Waals surface area (Å²) in [6, 6.07) is 16.3. The summed E-state index contributed by atoms with van der Waals surface area (Å²) in [4.78, 5) is 12.0. The lowest BCUT2D eigenvalue weighted by molar-refractivity contribution is -0.0592. The van der Waals surface area contributed by atoms with Crippen molar-refractivity contribution in [2.75, 3.05) is 13.2 Å². The number of halogens is 2. The summed E-state index contributed by atoms with van der Waals surface area (Å²) in [5, 5.41) is 9.74. The fourth-order valence-corrected chi connectivity index (χ4v) is 5.01. The van der Waals surface area contributed by atoms with E-state index in [0.717, 1.165) is 55.1 Å². The lowest BCUT2D eigenvalue weighted by atomic mass is 10.1. The van der Waals surface area contributed by atoms with Crippen LogP contribution in [0.4, 0.5) is 4.39 Å². The van der Waals surface area contributed by atoms with Crippen molar-refractivity contribution in [3.8, 4) is 11.9 Å². The Morgan fingerprint density at radius 1 is 1.16 bits per heavy atom. The van der Waals surface area contributed by atoms with E-state index in [-0.39, 0.29) is 12.7 Å². The van der Waals surface area contributed by atoms with Crippen molar-refractivity contribution in [2.45, 2.75) is 45.2 Å². The summed E-state index contributed by atoms with van der Waals surface area (Å²) in [5.74, 6) is 1.02. The molecule has 1 saturated heterocycles. The quantitative estimate of drug-likeness (QED) is 0.342. The van der Waals surface area contributed by atoms with Gasteiger partial charge in [-0.25, -0.2) is 14.4 Å². The molecular weight excluding hydrogens is 493 g/mol. The summed E-state index contributed by atoms with van der Waals surface area (Å²) in [6.45, 7) is 3.80. The fraction of sp³-hybridized carbons (Fsp3) is 0.321. The Labute approximate surface area is 219 Å². The van der Waals surface area contributed by atoms with E-state index >= 15 is 0 Å². The van der Waals surface area contributed by atoms with Gasteiger partial charge in [0.2, 0.25) is 5.88 Å². The number of hydrogen-bond donors (Lipinski definition) is 0. The number of aromatic nitrogens is 3. The van der Waals surface area contributed by atoms with Crippen LogP contribution in [0.5, 0.6) is 5.88 Å². The maximum atomic E-state index is 14.1. The molecule has 0 amide bonds. The number of pyridine rings is 1. The molecule has 0 N–H and O–H groups in total. The molecule has 188 valence electrons. The molecule has 0 saturated carbocycles. The summed E-state index contributed by atoms with van der Waals surface area (Å²) in [5.41, 5.74) is 5.05. The number of ether oxygens (including phenoxy) is 2. The SMILES string of the molecule is N#Cc1ccc2nc(CN3CCc4ccc(OCc5ccc(Cl)cc5F)nc4C3)n(C[C@@H]3CCO3)c2c1. The second-order valence-corrected chi connectivity index (χ2v) is 9.91. The van der Waals surface area contributed by atoms with Gasteiger partial charge >= 0.3 is 0 Å². The zero-order valence-corrected chi connectivity index (χ0v) is 20.9. The van der Waals surface area contributed by atoms with Gasteiger partial charge < -0.3 is 14.0 Å². The zero-order valence-electron chi connectivity index (χ0n) is 20.2. The minimum Gasteiger partial charge on any atom is -0.473 e. The maximum absolute atomic E-state index is 14.1. The molecule has 0 radical (unpaired) electrons. The van der Waals surface area contributed by atoms with Crippen LogP contribution in [-0.2, 0) is 37.4 Å². The first-order valence-electron chi connectivity index (χ1n) is 12.3. The van der Waals surface area contributed by atoms with Gasteiger partial charge in [-0.05, 0) is 48.7 Å². The molecule has 0 bridgehead atoms. The maximum Gasteiger partial charge on any atom is 0.213 e. The van der Waals surface area contributed by atoms with E-state index in [1.165, 1.54) is 11.6 Å². The van der Waals surface area contributed by atoms with Crippen molar-refractivity contribution in [1.82, 2.24) is 19.4 Å². The molecule has 2 aliphatic heterocycles. The third kappa shape index (κ3) is 5.03. The Balaban J connectivity index is 1.20. The van der Waals surface area contributed by atoms with Crippen molar-refractivity contribution < 1.29 is 13.9 Å². The molecule has 4 aromatic rings. The molecule has 4 heterocycles. The fourth-order valence-electron chi connectivity index (χ4n) is 4.85.